The smallest absolute Gasteiger partial charge is 0.245 e. The fourth-order valence-electron chi connectivity index (χ4n) is 6.75. The molecule has 36 heavy (non-hydrogen) atoms. The van der Waals surface area contributed by atoms with Crippen LogP contribution in [-0.4, -0.2) is 53.9 Å². The van der Waals surface area contributed by atoms with E-state index in [1.54, 1.807) is 0 Å². The molecule has 2 fully saturated rings. The molecule has 1 spiro atoms. The molecule has 3 heterocycles. The van der Waals surface area contributed by atoms with Gasteiger partial charge in [-0.1, -0.05) is 42.5 Å². The van der Waals surface area contributed by atoms with Gasteiger partial charge >= 0.3 is 0 Å². The first kappa shape index (κ1) is 23.3. The van der Waals surface area contributed by atoms with Crippen LogP contribution in [-0.2, 0) is 27.8 Å². The fraction of sp³-hybridized carbons (Fsp3) is 0.467. The molecule has 6 heteroatoms. The van der Waals surface area contributed by atoms with E-state index in [1.807, 2.05) is 29.3 Å². The van der Waals surface area contributed by atoms with Crippen molar-refractivity contribution in [2.75, 3.05) is 26.2 Å². The maximum Gasteiger partial charge on any atom is 0.245 e. The predicted molar refractivity (Wildman–Crippen MR) is 142 cm³/mol. The third-order valence-corrected chi connectivity index (χ3v) is 8.92. The molecule has 0 radical (unpaired) electrons. The van der Waals surface area contributed by atoms with Crippen molar-refractivity contribution in [2.45, 2.75) is 56.4 Å². The highest BCUT2D eigenvalue weighted by molar-refractivity contribution is 5.90. The number of para-hydroxylation sites is 1. The van der Waals surface area contributed by atoms with E-state index in [1.165, 1.54) is 17.5 Å². The van der Waals surface area contributed by atoms with E-state index in [2.05, 4.69) is 45.9 Å². The molecule has 1 aromatic heterocycles. The molecule has 2 aromatic carbocycles. The maximum absolute atomic E-state index is 13.9. The number of H-pyrrole nitrogens is 1. The van der Waals surface area contributed by atoms with Gasteiger partial charge in [-0.3, -0.25) is 9.59 Å². The number of likely N-dealkylation sites (tertiary alicyclic amines) is 1. The number of hydrogen-bond acceptors (Lipinski definition) is 3. The van der Waals surface area contributed by atoms with Crippen molar-refractivity contribution in [1.82, 2.24) is 20.5 Å². The Morgan fingerprint density at radius 2 is 1.75 bits per heavy atom. The highest BCUT2D eigenvalue weighted by Gasteiger charge is 2.42. The quantitative estimate of drug-likeness (QED) is 0.517. The van der Waals surface area contributed by atoms with Crippen LogP contribution in [0.1, 0.15) is 48.8 Å². The molecule has 3 aliphatic rings. The van der Waals surface area contributed by atoms with E-state index in [-0.39, 0.29) is 23.1 Å². The summed E-state index contributed by atoms with van der Waals surface area (Å²) in [5, 5.41) is 7.63. The Balaban J connectivity index is 1.20. The van der Waals surface area contributed by atoms with Gasteiger partial charge in [0.05, 0.1) is 0 Å². The molecule has 2 saturated heterocycles. The van der Waals surface area contributed by atoms with Crippen molar-refractivity contribution < 1.29 is 9.59 Å². The lowest BCUT2D eigenvalue weighted by Crippen LogP contribution is -2.54. The second-order valence-electron chi connectivity index (χ2n) is 10.9. The Morgan fingerprint density at radius 1 is 1.00 bits per heavy atom. The number of benzene rings is 2. The van der Waals surface area contributed by atoms with Gasteiger partial charge in [-0.25, -0.2) is 0 Å². The van der Waals surface area contributed by atoms with Gasteiger partial charge in [-0.15, -0.1) is 0 Å². The number of carbonyl (C=O) groups excluding carboxylic acids is 2. The molecular formula is C30H36N4O2. The zero-order chi connectivity index (χ0) is 24.5. The van der Waals surface area contributed by atoms with Crippen molar-refractivity contribution in [1.29, 1.82) is 0 Å². The van der Waals surface area contributed by atoms with E-state index in [9.17, 15) is 9.59 Å². The van der Waals surface area contributed by atoms with Crippen LogP contribution in [0.25, 0.3) is 10.9 Å². The van der Waals surface area contributed by atoms with Crippen molar-refractivity contribution >= 4 is 22.7 Å². The summed E-state index contributed by atoms with van der Waals surface area (Å²) in [4.78, 5) is 32.5. The normalized spacial score (nSPS) is 20.4. The Labute approximate surface area is 212 Å². The number of aromatic nitrogens is 1. The molecular weight excluding hydrogens is 448 g/mol. The minimum absolute atomic E-state index is 0.0212. The summed E-state index contributed by atoms with van der Waals surface area (Å²) in [5.74, 6) is 0.0562. The molecule has 188 valence electrons. The van der Waals surface area contributed by atoms with E-state index >= 15 is 0 Å². The lowest BCUT2D eigenvalue weighted by atomic mass is 9.73. The van der Waals surface area contributed by atoms with Gasteiger partial charge < -0.3 is 20.5 Å². The number of aryl methyl sites for hydroxylation is 1. The second kappa shape index (κ2) is 9.74. The number of piperidine rings is 2. The first-order valence-corrected chi connectivity index (χ1v) is 13.6. The Morgan fingerprint density at radius 3 is 2.58 bits per heavy atom. The van der Waals surface area contributed by atoms with Gasteiger partial charge in [-0.2, -0.15) is 0 Å². The predicted octanol–water partition coefficient (Wildman–Crippen LogP) is 3.70. The highest BCUT2D eigenvalue weighted by Crippen LogP contribution is 2.46. The number of fused-ring (bicyclic) bond motifs is 3. The summed E-state index contributed by atoms with van der Waals surface area (Å²) in [6.07, 6.45) is 8.46. The second-order valence-corrected chi connectivity index (χ2v) is 10.9. The molecule has 0 bridgehead atoms. The first-order chi connectivity index (χ1) is 17.6. The number of nitrogens with zero attached hydrogens (tertiary/aromatic N) is 1. The van der Waals surface area contributed by atoms with Crippen LogP contribution in [0.4, 0.5) is 0 Å². The van der Waals surface area contributed by atoms with Crippen molar-refractivity contribution in [3.8, 4) is 0 Å². The minimum atomic E-state index is -0.545. The van der Waals surface area contributed by atoms with Gasteiger partial charge in [0.1, 0.15) is 6.04 Å². The molecule has 0 saturated carbocycles. The molecule has 1 atom stereocenters. The summed E-state index contributed by atoms with van der Waals surface area (Å²) < 4.78 is 0. The van der Waals surface area contributed by atoms with Gasteiger partial charge in [-0.05, 0) is 79.8 Å². The SMILES string of the molecule is O=C(N[C@H](Cc1c[nH]c2ccccc12)C(=O)N1CCC2(CCc3ccccc32)CC1)C1CCNCC1. The van der Waals surface area contributed by atoms with E-state index in [0.29, 0.717) is 6.42 Å². The van der Waals surface area contributed by atoms with Crippen molar-refractivity contribution in [3.05, 3.63) is 71.4 Å². The van der Waals surface area contributed by atoms with E-state index in [0.717, 1.165) is 74.7 Å². The Hall–Kier alpha value is -3.12. The molecule has 3 N–H and O–H groups in total. The van der Waals surface area contributed by atoms with Crippen LogP contribution in [0.3, 0.4) is 0 Å². The van der Waals surface area contributed by atoms with Crippen molar-refractivity contribution in [3.63, 3.8) is 0 Å². The van der Waals surface area contributed by atoms with Crippen LogP contribution in [0.5, 0.6) is 0 Å². The summed E-state index contributed by atoms with van der Waals surface area (Å²) in [6, 6.07) is 16.5. The molecule has 3 aromatic rings. The average molecular weight is 485 g/mol. The standard InChI is InChI=1S/C30H36N4O2/c35-28(22-10-15-31-16-11-22)33-27(19-23-20-32-26-8-4-2-6-24(23)26)29(36)34-17-13-30(14-18-34)12-9-21-5-1-3-7-25(21)30/h1-8,20,22,27,31-32H,9-19H2,(H,33,35)/t27-/m1/s1. The Bertz CT molecular complexity index is 1250. The number of carbonyl (C=O) groups is 2. The summed E-state index contributed by atoms with van der Waals surface area (Å²) in [6.45, 7) is 3.21. The first-order valence-electron chi connectivity index (χ1n) is 13.6. The van der Waals surface area contributed by atoms with Crippen LogP contribution >= 0.6 is 0 Å². The monoisotopic (exact) mass is 484 g/mol. The third-order valence-electron chi connectivity index (χ3n) is 8.92. The lowest BCUT2D eigenvalue weighted by Gasteiger charge is -2.41. The fourth-order valence-corrected chi connectivity index (χ4v) is 6.75. The van der Waals surface area contributed by atoms with Crippen LogP contribution in [0.2, 0.25) is 0 Å². The van der Waals surface area contributed by atoms with Crippen LogP contribution in [0, 0.1) is 5.92 Å². The van der Waals surface area contributed by atoms with Crippen molar-refractivity contribution in [2.24, 2.45) is 5.92 Å². The van der Waals surface area contributed by atoms with Crippen LogP contribution in [0.15, 0.2) is 54.7 Å². The summed E-state index contributed by atoms with van der Waals surface area (Å²) in [7, 11) is 0. The largest absolute Gasteiger partial charge is 0.361 e. The Kier molecular flexibility index (Phi) is 6.30. The minimum Gasteiger partial charge on any atom is -0.361 e. The highest BCUT2D eigenvalue weighted by atomic mass is 16.2. The summed E-state index contributed by atoms with van der Waals surface area (Å²) >= 11 is 0. The topological polar surface area (TPSA) is 77.2 Å². The zero-order valence-electron chi connectivity index (χ0n) is 20.9. The molecule has 0 unspecified atom stereocenters. The number of hydrogen-bond donors (Lipinski definition) is 3. The zero-order valence-corrected chi connectivity index (χ0v) is 20.9. The maximum atomic E-state index is 13.9. The average Bonchev–Trinajstić information content (AvgIpc) is 3.51. The molecule has 2 amide bonds. The van der Waals surface area contributed by atoms with Gasteiger partial charge in [0.15, 0.2) is 0 Å². The number of nitrogens with one attached hydrogen (secondary N) is 3. The van der Waals surface area contributed by atoms with Gasteiger partial charge in [0.2, 0.25) is 11.8 Å². The molecule has 1 aliphatic carbocycles. The molecule has 6 nitrogen and oxygen atoms in total. The summed E-state index contributed by atoms with van der Waals surface area (Å²) in [5.41, 5.74) is 5.31. The van der Waals surface area contributed by atoms with E-state index < -0.39 is 6.04 Å². The van der Waals surface area contributed by atoms with Gasteiger partial charge in [0, 0.05) is 42.5 Å². The number of amides is 2. The van der Waals surface area contributed by atoms with Crippen LogP contribution < -0.4 is 10.6 Å². The molecule has 6 rings (SSSR count). The third kappa shape index (κ3) is 4.32. The van der Waals surface area contributed by atoms with E-state index in [4.69, 9.17) is 0 Å². The van der Waals surface area contributed by atoms with Gasteiger partial charge in [0.25, 0.3) is 0 Å². The number of aromatic amines is 1. The lowest BCUT2D eigenvalue weighted by molar-refractivity contribution is -0.139. The number of rotatable bonds is 5. The molecule has 2 aliphatic heterocycles.